The van der Waals surface area contributed by atoms with Gasteiger partial charge in [-0.2, -0.15) is 0 Å². The van der Waals surface area contributed by atoms with Gasteiger partial charge in [-0.15, -0.1) is 0 Å². The van der Waals surface area contributed by atoms with Gasteiger partial charge < -0.3 is 14.7 Å². The largest absolute Gasteiger partial charge is 0.339 e. The molecule has 28 heavy (non-hydrogen) atoms. The van der Waals surface area contributed by atoms with Crippen molar-refractivity contribution in [3.8, 4) is 0 Å². The van der Waals surface area contributed by atoms with E-state index in [1.807, 2.05) is 39.0 Å². The van der Waals surface area contributed by atoms with Crippen LogP contribution in [0.2, 0.25) is 0 Å². The summed E-state index contributed by atoms with van der Waals surface area (Å²) in [7, 11) is 0. The molecule has 150 valence electrons. The van der Waals surface area contributed by atoms with Gasteiger partial charge in [0.1, 0.15) is 0 Å². The molecule has 0 aromatic heterocycles. The molecule has 4 rings (SSSR count). The molecule has 2 saturated heterocycles. The van der Waals surface area contributed by atoms with Crippen LogP contribution in [0.3, 0.4) is 0 Å². The first kappa shape index (κ1) is 19.4. The summed E-state index contributed by atoms with van der Waals surface area (Å²) in [5.41, 5.74) is 0.685. The van der Waals surface area contributed by atoms with E-state index in [0.717, 1.165) is 17.3 Å². The smallest absolute Gasteiger partial charge is 0.253 e. The van der Waals surface area contributed by atoms with Crippen molar-refractivity contribution in [3.05, 3.63) is 34.3 Å². The van der Waals surface area contributed by atoms with Crippen LogP contribution in [0.5, 0.6) is 0 Å². The summed E-state index contributed by atoms with van der Waals surface area (Å²) in [5, 5.41) is 0. The molecule has 1 aliphatic carbocycles. The van der Waals surface area contributed by atoms with Gasteiger partial charge in [0.05, 0.1) is 0 Å². The Labute approximate surface area is 174 Å². The van der Waals surface area contributed by atoms with Gasteiger partial charge in [-0.25, -0.2) is 0 Å². The number of hydrogen-bond acceptors (Lipinski definition) is 3. The van der Waals surface area contributed by atoms with E-state index in [2.05, 4.69) is 15.9 Å². The molecule has 0 radical (unpaired) electrons. The third-order valence-electron chi connectivity index (χ3n) is 6.05. The van der Waals surface area contributed by atoms with Crippen LogP contribution in [-0.2, 0) is 9.59 Å². The van der Waals surface area contributed by atoms with Gasteiger partial charge in [0.15, 0.2) is 0 Å². The lowest BCUT2D eigenvalue weighted by Crippen LogP contribution is -2.53. The molecule has 0 unspecified atom stereocenters. The zero-order valence-electron chi connectivity index (χ0n) is 16.0. The Hall–Kier alpha value is -1.89. The number of hydrogen-bond donors (Lipinski definition) is 0. The summed E-state index contributed by atoms with van der Waals surface area (Å²) in [6, 6.07) is 7.40. The molecule has 0 bridgehead atoms. The summed E-state index contributed by atoms with van der Waals surface area (Å²) in [6.07, 6.45) is 3.47. The van der Waals surface area contributed by atoms with Gasteiger partial charge in [0.25, 0.3) is 5.91 Å². The highest BCUT2D eigenvalue weighted by Crippen LogP contribution is 2.31. The van der Waals surface area contributed by atoms with E-state index in [4.69, 9.17) is 0 Å². The topological polar surface area (TPSA) is 60.9 Å². The van der Waals surface area contributed by atoms with E-state index in [0.29, 0.717) is 57.7 Å². The van der Waals surface area contributed by atoms with Crippen LogP contribution in [0.1, 0.15) is 36.0 Å². The third-order valence-corrected chi connectivity index (χ3v) is 6.58. The summed E-state index contributed by atoms with van der Waals surface area (Å²) in [5.74, 6) is 0.723. The second-order valence-corrected chi connectivity index (χ2v) is 8.91. The fourth-order valence-corrected chi connectivity index (χ4v) is 4.36. The molecule has 3 aliphatic rings. The molecule has 3 amide bonds. The second kappa shape index (κ2) is 8.23. The van der Waals surface area contributed by atoms with Crippen molar-refractivity contribution in [2.75, 3.05) is 39.3 Å². The number of carbonyl (C=O) groups excluding carboxylic acids is 3. The van der Waals surface area contributed by atoms with Crippen LogP contribution in [0, 0.1) is 11.8 Å². The molecule has 2 aliphatic heterocycles. The minimum atomic E-state index is -0.0142. The van der Waals surface area contributed by atoms with Crippen molar-refractivity contribution < 1.29 is 14.4 Å². The maximum Gasteiger partial charge on any atom is 0.253 e. The van der Waals surface area contributed by atoms with Crippen molar-refractivity contribution in [1.29, 1.82) is 0 Å². The van der Waals surface area contributed by atoms with E-state index in [1.165, 1.54) is 0 Å². The molecule has 1 aromatic carbocycles. The van der Waals surface area contributed by atoms with Crippen LogP contribution in [-0.4, -0.2) is 71.7 Å². The molecular formula is C21H26BrN3O3. The average molecular weight is 448 g/mol. The number of amides is 3. The molecule has 0 spiro atoms. The van der Waals surface area contributed by atoms with Gasteiger partial charge in [-0.05, 0) is 49.9 Å². The number of piperazine rings is 1. The second-order valence-electron chi connectivity index (χ2n) is 8.00. The van der Waals surface area contributed by atoms with Gasteiger partial charge in [-0.1, -0.05) is 15.9 Å². The Morgan fingerprint density at radius 3 is 1.61 bits per heavy atom. The Morgan fingerprint density at radius 2 is 1.14 bits per heavy atom. The van der Waals surface area contributed by atoms with Crippen LogP contribution >= 0.6 is 15.9 Å². The number of piperidine rings is 1. The highest BCUT2D eigenvalue weighted by Gasteiger charge is 2.36. The lowest BCUT2D eigenvalue weighted by Gasteiger charge is -2.38. The number of likely N-dealkylation sites (tertiary alicyclic amines) is 1. The zero-order valence-corrected chi connectivity index (χ0v) is 17.6. The Bertz CT molecular complexity index is 747. The van der Waals surface area contributed by atoms with E-state index in [9.17, 15) is 14.4 Å². The number of carbonyl (C=O) groups is 3. The van der Waals surface area contributed by atoms with Crippen LogP contribution < -0.4 is 0 Å². The Kier molecular flexibility index (Phi) is 5.71. The van der Waals surface area contributed by atoms with Crippen molar-refractivity contribution >= 4 is 33.7 Å². The Balaban J connectivity index is 1.25. The molecule has 3 fully saturated rings. The Morgan fingerprint density at radius 1 is 0.679 bits per heavy atom. The summed E-state index contributed by atoms with van der Waals surface area (Å²) in [6.45, 7) is 3.81. The number of benzene rings is 1. The number of rotatable bonds is 3. The van der Waals surface area contributed by atoms with Gasteiger partial charge in [0, 0.05) is 61.1 Å². The summed E-state index contributed by atoms with van der Waals surface area (Å²) >= 11 is 3.39. The molecule has 0 atom stereocenters. The molecule has 6 nitrogen and oxygen atoms in total. The van der Waals surface area contributed by atoms with Crippen LogP contribution in [0.15, 0.2) is 28.7 Å². The van der Waals surface area contributed by atoms with E-state index >= 15 is 0 Å². The molecule has 2 heterocycles. The fraction of sp³-hybridized carbons (Fsp3) is 0.571. The first-order valence-electron chi connectivity index (χ1n) is 10.2. The quantitative estimate of drug-likeness (QED) is 0.714. The highest BCUT2D eigenvalue weighted by atomic mass is 79.9. The number of halogens is 1. The van der Waals surface area contributed by atoms with Crippen molar-refractivity contribution in [1.82, 2.24) is 14.7 Å². The van der Waals surface area contributed by atoms with Crippen LogP contribution in [0.4, 0.5) is 0 Å². The molecule has 0 N–H and O–H groups in total. The van der Waals surface area contributed by atoms with Gasteiger partial charge in [-0.3, -0.25) is 14.4 Å². The lowest BCUT2D eigenvalue weighted by atomic mass is 9.94. The van der Waals surface area contributed by atoms with Crippen molar-refractivity contribution in [3.63, 3.8) is 0 Å². The van der Waals surface area contributed by atoms with Gasteiger partial charge in [0.2, 0.25) is 11.8 Å². The SMILES string of the molecule is O=C(c1ccc(Br)cc1)N1CCC(C(=O)N2CCN(C(=O)C3CC3)CC2)CC1. The van der Waals surface area contributed by atoms with E-state index < -0.39 is 0 Å². The van der Waals surface area contributed by atoms with E-state index in [1.54, 1.807) is 0 Å². The zero-order chi connectivity index (χ0) is 19.7. The minimum absolute atomic E-state index is 0.0142. The lowest BCUT2D eigenvalue weighted by molar-refractivity contribution is -0.143. The molecular weight excluding hydrogens is 422 g/mol. The van der Waals surface area contributed by atoms with E-state index in [-0.39, 0.29) is 29.6 Å². The normalized spacial score (nSPS) is 21.0. The monoisotopic (exact) mass is 447 g/mol. The average Bonchev–Trinajstić information content (AvgIpc) is 3.58. The maximum absolute atomic E-state index is 12.9. The highest BCUT2D eigenvalue weighted by molar-refractivity contribution is 9.10. The van der Waals surface area contributed by atoms with Crippen molar-refractivity contribution in [2.45, 2.75) is 25.7 Å². The molecule has 1 aromatic rings. The standard InChI is InChI=1S/C21H26BrN3O3/c22-18-5-3-16(4-6-18)19(26)23-9-7-17(8-10-23)21(28)25-13-11-24(12-14-25)20(27)15-1-2-15/h3-6,15,17H,1-2,7-14H2. The fourth-order valence-electron chi connectivity index (χ4n) is 4.10. The molecule has 7 heteroatoms. The first-order valence-corrected chi connectivity index (χ1v) is 10.9. The summed E-state index contributed by atoms with van der Waals surface area (Å²) < 4.78 is 0.951. The first-order chi connectivity index (χ1) is 13.5. The predicted octanol–water partition coefficient (Wildman–Crippen LogP) is 2.38. The minimum Gasteiger partial charge on any atom is -0.339 e. The van der Waals surface area contributed by atoms with Crippen LogP contribution in [0.25, 0.3) is 0 Å². The predicted molar refractivity (Wildman–Crippen MR) is 109 cm³/mol. The molecule has 1 saturated carbocycles. The van der Waals surface area contributed by atoms with Gasteiger partial charge >= 0.3 is 0 Å². The van der Waals surface area contributed by atoms with Crippen molar-refractivity contribution in [2.24, 2.45) is 11.8 Å². The summed E-state index contributed by atoms with van der Waals surface area (Å²) in [4.78, 5) is 43.3. The maximum atomic E-state index is 12.9. The number of nitrogens with zero attached hydrogens (tertiary/aromatic N) is 3. The third kappa shape index (κ3) is 4.24.